The van der Waals surface area contributed by atoms with Gasteiger partial charge < -0.3 is 10.2 Å². The summed E-state index contributed by atoms with van der Waals surface area (Å²) in [5.74, 6) is 0.217. The Morgan fingerprint density at radius 1 is 1.22 bits per heavy atom. The first-order valence-corrected chi connectivity index (χ1v) is 5.32. The van der Waals surface area contributed by atoms with Gasteiger partial charge in [-0.05, 0) is 12.1 Å². The molecule has 3 N–H and O–H groups in total. The number of benzene rings is 1. The second kappa shape index (κ2) is 5.33. The molecule has 92 valence electrons. The molecular formula is C11H9ClN4O2. The lowest BCUT2D eigenvalue weighted by atomic mass is 10.2. The Kier molecular flexibility index (Phi) is 3.59. The predicted octanol–water partition coefficient (Wildman–Crippen LogP) is 1.99. The summed E-state index contributed by atoms with van der Waals surface area (Å²) in [4.78, 5) is 7.74. The van der Waals surface area contributed by atoms with Crippen molar-refractivity contribution in [2.24, 2.45) is 5.10 Å². The van der Waals surface area contributed by atoms with E-state index >= 15 is 0 Å². The topological polar surface area (TPSA) is 90.6 Å². The molecule has 6 nitrogen and oxygen atoms in total. The number of nitrogens with one attached hydrogen (secondary N) is 1. The fourth-order valence-corrected chi connectivity index (χ4v) is 1.35. The fourth-order valence-electron chi connectivity index (χ4n) is 1.20. The minimum absolute atomic E-state index is 0.0189. The Balaban J connectivity index is 2.10. The van der Waals surface area contributed by atoms with Gasteiger partial charge in [0.25, 0.3) is 0 Å². The van der Waals surface area contributed by atoms with Crippen molar-refractivity contribution >= 4 is 23.6 Å². The van der Waals surface area contributed by atoms with E-state index in [4.69, 9.17) is 16.7 Å². The van der Waals surface area contributed by atoms with Crippen molar-refractivity contribution < 1.29 is 10.2 Å². The van der Waals surface area contributed by atoms with Gasteiger partial charge in [-0.3, -0.25) is 5.43 Å². The Hall–Kier alpha value is -2.34. The number of anilines is 1. The van der Waals surface area contributed by atoms with E-state index < -0.39 is 0 Å². The first kappa shape index (κ1) is 12.1. The molecule has 2 rings (SSSR count). The van der Waals surface area contributed by atoms with E-state index in [2.05, 4.69) is 20.5 Å². The molecule has 0 radical (unpaired) electrons. The highest BCUT2D eigenvalue weighted by atomic mass is 35.5. The lowest BCUT2D eigenvalue weighted by Crippen LogP contribution is -1.95. The molecule has 1 aromatic carbocycles. The summed E-state index contributed by atoms with van der Waals surface area (Å²) in [6.07, 6.45) is 4.31. The number of aromatic hydroxyl groups is 2. The maximum atomic E-state index is 9.51. The molecule has 7 heteroatoms. The number of halogens is 1. The Morgan fingerprint density at radius 3 is 2.72 bits per heavy atom. The van der Waals surface area contributed by atoms with Crippen LogP contribution < -0.4 is 5.43 Å². The van der Waals surface area contributed by atoms with Crippen molar-refractivity contribution in [1.82, 2.24) is 9.97 Å². The van der Waals surface area contributed by atoms with Gasteiger partial charge in [-0.25, -0.2) is 9.97 Å². The van der Waals surface area contributed by atoms with Crippen molar-refractivity contribution in [3.63, 3.8) is 0 Å². The highest BCUT2D eigenvalue weighted by molar-refractivity contribution is 6.31. The van der Waals surface area contributed by atoms with Crippen molar-refractivity contribution in [3.05, 3.63) is 41.3 Å². The van der Waals surface area contributed by atoms with E-state index in [-0.39, 0.29) is 16.7 Å². The molecule has 0 aliphatic carbocycles. The minimum atomic E-state index is -0.0780. The normalized spacial score (nSPS) is 10.7. The monoisotopic (exact) mass is 264 g/mol. The van der Waals surface area contributed by atoms with Crippen molar-refractivity contribution in [1.29, 1.82) is 0 Å². The fraction of sp³-hybridized carbons (Fsp3) is 0. The molecule has 0 fully saturated rings. The average Bonchev–Trinajstić information content (AvgIpc) is 2.34. The molecule has 2 aromatic rings. The van der Waals surface area contributed by atoms with Gasteiger partial charge in [-0.2, -0.15) is 5.10 Å². The second-order valence-corrected chi connectivity index (χ2v) is 3.67. The standard InChI is InChI=1S/C11H9ClN4O2/c12-10-11(14-4-3-13-10)16-15-6-7-1-2-8(17)5-9(7)18/h1-6,17-18H,(H,14,16)/b15-6+. The third-order valence-corrected chi connectivity index (χ3v) is 2.32. The van der Waals surface area contributed by atoms with Crippen LogP contribution in [0.15, 0.2) is 35.7 Å². The molecule has 0 spiro atoms. The van der Waals surface area contributed by atoms with Crippen molar-refractivity contribution in [2.75, 3.05) is 5.43 Å². The number of phenolic OH excluding ortho intramolecular Hbond substituents is 2. The smallest absolute Gasteiger partial charge is 0.184 e. The Labute approximate surface area is 108 Å². The van der Waals surface area contributed by atoms with E-state index in [1.165, 1.54) is 36.8 Å². The molecule has 0 atom stereocenters. The lowest BCUT2D eigenvalue weighted by molar-refractivity contribution is 0.450. The summed E-state index contributed by atoms with van der Waals surface area (Å²) in [6, 6.07) is 4.18. The number of nitrogens with zero attached hydrogens (tertiary/aromatic N) is 3. The van der Waals surface area contributed by atoms with E-state index in [9.17, 15) is 5.11 Å². The highest BCUT2D eigenvalue weighted by Gasteiger charge is 2.01. The molecule has 0 bridgehead atoms. The van der Waals surface area contributed by atoms with Gasteiger partial charge in [-0.1, -0.05) is 11.6 Å². The van der Waals surface area contributed by atoms with Crippen LogP contribution in [0, 0.1) is 0 Å². The summed E-state index contributed by atoms with van der Waals surface area (Å²) >= 11 is 5.77. The minimum Gasteiger partial charge on any atom is -0.508 e. The summed E-state index contributed by atoms with van der Waals surface area (Å²) in [5, 5.41) is 22.7. The van der Waals surface area contributed by atoms with Crippen molar-refractivity contribution in [3.8, 4) is 11.5 Å². The number of hydrazone groups is 1. The summed E-state index contributed by atoms with van der Waals surface area (Å²) in [6.45, 7) is 0. The molecule has 18 heavy (non-hydrogen) atoms. The molecular weight excluding hydrogens is 256 g/mol. The zero-order chi connectivity index (χ0) is 13.0. The first-order chi connectivity index (χ1) is 8.66. The molecule has 0 saturated heterocycles. The number of hydrogen-bond donors (Lipinski definition) is 3. The summed E-state index contributed by atoms with van der Waals surface area (Å²) in [5.41, 5.74) is 3.04. The molecule has 0 unspecified atom stereocenters. The van der Waals surface area contributed by atoms with Crippen LogP contribution in [0.25, 0.3) is 0 Å². The van der Waals surface area contributed by atoms with Gasteiger partial charge in [-0.15, -0.1) is 0 Å². The third-order valence-electron chi connectivity index (χ3n) is 2.04. The molecule has 1 aromatic heterocycles. The van der Waals surface area contributed by atoms with E-state index in [1.54, 1.807) is 0 Å². The lowest BCUT2D eigenvalue weighted by Gasteiger charge is -2.01. The molecule has 0 saturated carbocycles. The molecule has 0 aliphatic rings. The average molecular weight is 265 g/mol. The van der Waals surface area contributed by atoms with Crippen LogP contribution in [-0.2, 0) is 0 Å². The van der Waals surface area contributed by atoms with Crippen LogP contribution in [0.2, 0.25) is 5.15 Å². The number of phenols is 2. The van der Waals surface area contributed by atoms with Gasteiger partial charge in [0.2, 0.25) is 0 Å². The highest BCUT2D eigenvalue weighted by Crippen LogP contribution is 2.21. The zero-order valence-corrected chi connectivity index (χ0v) is 9.83. The Bertz CT molecular complexity index is 589. The molecule has 1 heterocycles. The third kappa shape index (κ3) is 2.86. The maximum absolute atomic E-state index is 9.51. The van der Waals surface area contributed by atoms with Crippen LogP contribution in [0.5, 0.6) is 11.5 Å². The van der Waals surface area contributed by atoms with Crippen LogP contribution in [-0.4, -0.2) is 26.4 Å². The SMILES string of the molecule is Oc1ccc(/C=N/Nc2nccnc2Cl)c(O)c1. The molecule has 0 amide bonds. The van der Waals surface area contributed by atoms with Gasteiger partial charge in [0, 0.05) is 24.0 Å². The van der Waals surface area contributed by atoms with Gasteiger partial charge in [0.1, 0.15) is 11.5 Å². The first-order valence-electron chi connectivity index (χ1n) is 4.94. The van der Waals surface area contributed by atoms with Gasteiger partial charge in [0.15, 0.2) is 11.0 Å². The largest absolute Gasteiger partial charge is 0.508 e. The predicted molar refractivity (Wildman–Crippen MR) is 68.0 cm³/mol. The zero-order valence-electron chi connectivity index (χ0n) is 9.08. The Morgan fingerprint density at radius 2 is 2.00 bits per heavy atom. The molecule has 0 aliphatic heterocycles. The quantitative estimate of drug-likeness (QED) is 0.582. The second-order valence-electron chi connectivity index (χ2n) is 3.31. The van der Waals surface area contributed by atoms with Crippen LogP contribution >= 0.6 is 11.6 Å². The number of hydrogen-bond acceptors (Lipinski definition) is 6. The van der Waals surface area contributed by atoms with E-state index in [0.29, 0.717) is 11.4 Å². The summed E-state index contributed by atoms with van der Waals surface area (Å²) < 4.78 is 0. The van der Waals surface area contributed by atoms with Crippen LogP contribution in [0.3, 0.4) is 0 Å². The maximum Gasteiger partial charge on any atom is 0.184 e. The van der Waals surface area contributed by atoms with Crippen LogP contribution in [0.4, 0.5) is 5.82 Å². The number of aromatic nitrogens is 2. The van der Waals surface area contributed by atoms with Crippen molar-refractivity contribution in [2.45, 2.75) is 0 Å². The van der Waals surface area contributed by atoms with E-state index in [1.807, 2.05) is 0 Å². The van der Waals surface area contributed by atoms with Gasteiger partial charge in [0.05, 0.1) is 6.21 Å². The van der Waals surface area contributed by atoms with Gasteiger partial charge >= 0.3 is 0 Å². The summed E-state index contributed by atoms with van der Waals surface area (Å²) in [7, 11) is 0. The van der Waals surface area contributed by atoms with Crippen LogP contribution in [0.1, 0.15) is 5.56 Å². The van der Waals surface area contributed by atoms with E-state index in [0.717, 1.165) is 0 Å². The number of rotatable bonds is 3.